The molecule has 4 rings (SSSR count). The summed E-state index contributed by atoms with van der Waals surface area (Å²) in [5, 5.41) is 18.8. The van der Waals surface area contributed by atoms with Crippen molar-refractivity contribution in [2.45, 2.75) is 11.0 Å². The first-order chi connectivity index (χ1) is 19.4. The SMILES string of the molecule is COC1=NC(c2nnc(NS(=O)(=O)C[C@H](OC)c3ccc(F)cc3S(C)(=O)=O)n2-c2c(O)cccc2OC)=C=C=C1. The van der Waals surface area contributed by atoms with Crippen LogP contribution in [0, 0.1) is 5.82 Å². The van der Waals surface area contributed by atoms with E-state index in [1.165, 1.54) is 45.6 Å². The second-order valence-corrected chi connectivity index (χ2v) is 12.2. The van der Waals surface area contributed by atoms with Gasteiger partial charge >= 0.3 is 0 Å². The molecule has 16 heteroatoms. The lowest BCUT2D eigenvalue weighted by Crippen LogP contribution is -2.25. The van der Waals surface area contributed by atoms with Crippen molar-refractivity contribution < 1.29 is 40.5 Å². The number of aromatic nitrogens is 3. The zero-order chi connectivity index (χ0) is 29.9. The fourth-order valence-electron chi connectivity index (χ4n) is 3.92. The molecule has 0 unspecified atom stereocenters. The summed E-state index contributed by atoms with van der Waals surface area (Å²) in [7, 11) is -4.40. The molecule has 1 aliphatic heterocycles. The highest BCUT2D eigenvalue weighted by Gasteiger charge is 2.30. The van der Waals surface area contributed by atoms with Gasteiger partial charge in [-0.1, -0.05) is 17.9 Å². The van der Waals surface area contributed by atoms with Gasteiger partial charge in [0.25, 0.3) is 0 Å². The highest BCUT2D eigenvalue weighted by atomic mass is 32.2. The van der Waals surface area contributed by atoms with Crippen LogP contribution in [0.15, 0.2) is 63.8 Å². The second-order valence-electron chi connectivity index (χ2n) is 8.49. The number of hydrogen-bond donors (Lipinski definition) is 2. The predicted molar refractivity (Wildman–Crippen MR) is 146 cm³/mol. The van der Waals surface area contributed by atoms with Crippen LogP contribution in [-0.4, -0.2) is 75.9 Å². The molecule has 13 nitrogen and oxygen atoms in total. The highest BCUT2D eigenvalue weighted by molar-refractivity contribution is 7.92. The van der Waals surface area contributed by atoms with E-state index in [9.17, 15) is 26.3 Å². The number of anilines is 1. The number of phenols is 1. The monoisotopic (exact) mass is 605 g/mol. The van der Waals surface area contributed by atoms with Gasteiger partial charge in [-0.2, -0.15) is 0 Å². The highest BCUT2D eigenvalue weighted by Crippen LogP contribution is 2.36. The number of aliphatic imine (C=N–C) groups is 1. The van der Waals surface area contributed by atoms with Gasteiger partial charge in [-0.15, -0.1) is 10.2 Å². The largest absolute Gasteiger partial charge is 0.506 e. The lowest BCUT2D eigenvalue weighted by atomic mass is 10.1. The number of nitrogens with zero attached hydrogens (tertiary/aromatic N) is 4. The molecule has 0 saturated carbocycles. The lowest BCUT2D eigenvalue weighted by Gasteiger charge is -2.20. The molecule has 1 aromatic heterocycles. The normalized spacial score (nSPS) is 13.9. The summed E-state index contributed by atoms with van der Waals surface area (Å²) in [5.41, 5.74) is 5.43. The minimum Gasteiger partial charge on any atom is -0.506 e. The number of sulfone groups is 1. The zero-order valence-corrected chi connectivity index (χ0v) is 23.7. The van der Waals surface area contributed by atoms with Crippen molar-refractivity contribution in [2.24, 2.45) is 4.99 Å². The number of rotatable bonds is 10. The lowest BCUT2D eigenvalue weighted by molar-refractivity contribution is 0.119. The van der Waals surface area contributed by atoms with Crippen LogP contribution >= 0.6 is 0 Å². The van der Waals surface area contributed by atoms with E-state index in [1.54, 1.807) is 0 Å². The average molecular weight is 606 g/mol. The van der Waals surface area contributed by atoms with Crippen molar-refractivity contribution in [3.05, 3.63) is 71.1 Å². The number of benzene rings is 2. The van der Waals surface area contributed by atoms with Crippen molar-refractivity contribution >= 4 is 37.4 Å². The van der Waals surface area contributed by atoms with Gasteiger partial charge in [0.05, 0.1) is 37.0 Å². The fourth-order valence-corrected chi connectivity index (χ4v) is 6.09. The molecule has 0 bridgehead atoms. The number of methoxy groups -OCH3 is 3. The van der Waals surface area contributed by atoms with E-state index < -0.39 is 42.4 Å². The number of phenolic OH excluding ortho intramolecular Hbond substituents is 1. The minimum absolute atomic E-state index is 0.0214. The molecule has 0 radical (unpaired) electrons. The van der Waals surface area contributed by atoms with E-state index in [-0.39, 0.29) is 46.1 Å². The van der Waals surface area contributed by atoms with Crippen molar-refractivity contribution in [1.82, 2.24) is 14.8 Å². The molecule has 1 aliphatic rings. The first kappa shape index (κ1) is 29.5. The molecular weight excluding hydrogens is 581 g/mol. The summed E-state index contributed by atoms with van der Waals surface area (Å²) < 4.78 is 84.5. The Bertz CT molecular complexity index is 1860. The van der Waals surface area contributed by atoms with E-state index in [1.807, 2.05) is 0 Å². The Hall–Kier alpha value is -4.46. The minimum atomic E-state index is -4.38. The number of halogens is 1. The number of sulfonamides is 1. The van der Waals surface area contributed by atoms with Crippen LogP contribution in [0.3, 0.4) is 0 Å². The summed E-state index contributed by atoms with van der Waals surface area (Å²) >= 11 is 0. The van der Waals surface area contributed by atoms with Gasteiger partial charge in [0, 0.05) is 18.9 Å². The van der Waals surface area contributed by atoms with Crippen molar-refractivity contribution in [3.63, 3.8) is 0 Å². The quantitative estimate of drug-likeness (QED) is 0.327. The van der Waals surface area contributed by atoms with Gasteiger partial charge in [-0.3, -0.25) is 9.29 Å². The van der Waals surface area contributed by atoms with E-state index in [0.29, 0.717) is 0 Å². The summed E-state index contributed by atoms with van der Waals surface area (Å²) in [6.07, 6.45) is 0.964. The molecule has 41 heavy (non-hydrogen) atoms. The topological polar surface area (TPSA) is 171 Å². The van der Waals surface area contributed by atoms with Gasteiger partial charge in [-0.05, 0) is 30.0 Å². The van der Waals surface area contributed by atoms with Gasteiger partial charge in [-0.25, -0.2) is 26.2 Å². The molecule has 2 heterocycles. The van der Waals surface area contributed by atoms with Crippen LogP contribution in [0.25, 0.3) is 11.4 Å². The first-order valence-electron chi connectivity index (χ1n) is 11.6. The molecule has 0 saturated heterocycles. The molecule has 0 amide bonds. The van der Waals surface area contributed by atoms with E-state index >= 15 is 0 Å². The Labute approximate surface area is 234 Å². The van der Waals surface area contributed by atoms with Gasteiger partial charge in [0.1, 0.15) is 23.0 Å². The molecule has 1 atom stereocenters. The Morgan fingerprint density at radius 2 is 1.85 bits per heavy atom. The van der Waals surface area contributed by atoms with E-state index in [0.717, 1.165) is 29.0 Å². The van der Waals surface area contributed by atoms with E-state index in [4.69, 9.17) is 14.2 Å². The Balaban J connectivity index is 1.82. The van der Waals surface area contributed by atoms with Crippen molar-refractivity contribution in [1.29, 1.82) is 0 Å². The number of aromatic hydroxyl groups is 1. The van der Waals surface area contributed by atoms with Gasteiger partial charge in [0.15, 0.2) is 21.4 Å². The predicted octanol–water partition coefficient (Wildman–Crippen LogP) is 2.36. The first-order valence-corrected chi connectivity index (χ1v) is 15.1. The summed E-state index contributed by atoms with van der Waals surface area (Å²) in [6.45, 7) is 0. The van der Waals surface area contributed by atoms with Crippen molar-refractivity contribution in [3.8, 4) is 17.2 Å². The van der Waals surface area contributed by atoms with Crippen LogP contribution in [0.4, 0.5) is 10.3 Å². The zero-order valence-electron chi connectivity index (χ0n) is 22.1. The molecule has 0 spiro atoms. The van der Waals surface area contributed by atoms with E-state index in [2.05, 4.69) is 31.4 Å². The third-order valence-corrected chi connectivity index (χ3v) is 8.13. The fraction of sp³-hybridized carbons (Fsp3) is 0.240. The third-order valence-electron chi connectivity index (χ3n) is 5.74. The van der Waals surface area contributed by atoms with Crippen LogP contribution < -0.4 is 9.46 Å². The third kappa shape index (κ3) is 6.32. The maximum atomic E-state index is 13.9. The number of hydrogen-bond acceptors (Lipinski definition) is 11. The van der Waals surface area contributed by atoms with Crippen LogP contribution in [0.1, 0.15) is 17.5 Å². The van der Waals surface area contributed by atoms with Gasteiger partial charge in [0.2, 0.25) is 21.9 Å². The maximum Gasteiger partial charge on any atom is 0.243 e. The summed E-state index contributed by atoms with van der Waals surface area (Å²) in [5.74, 6) is -2.07. The Morgan fingerprint density at radius 1 is 1.10 bits per heavy atom. The second kappa shape index (κ2) is 11.6. The smallest absolute Gasteiger partial charge is 0.243 e. The standard InChI is InChI=1S/C25H24FN5O8S2/c1-37-19-9-6-8-18(32)23(19)31-24(17-7-5-10-22(27-17)39-3)28-29-25(31)30-41(35,36)14-20(38-2)16-12-11-15(26)13-21(16)40(4,33)34/h6,8-13,20,32H,14H2,1-4H3,(H,29,30)/t20-/m0/s1. The Morgan fingerprint density at radius 3 is 2.51 bits per heavy atom. The van der Waals surface area contributed by atoms with Crippen LogP contribution in [0.5, 0.6) is 11.5 Å². The molecule has 2 N–H and O–H groups in total. The molecule has 0 fully saturated rings. The average Bonchev–Trinajstić information content (AvgIpc) is 3.33. The summed E-state index contributed by atoms with van der Waals surface area (Å²) in [6, 6.07) is 7.31. The van der Waals surface area contributed by atoms with Crippen LogP contribution in [-0.2, 0) is 29.3 Å². The molecule has 3 aromatic rings. The van der Waals surface area contributed by atoms with Crippen molar-refractivity contribution in [2.75, 3.05) is 38.1 Å². The molecular formula is C25H24FN5O8S2. The number of ether oxygens (including phenoxy) is 3. The number of nitrogens with one attached hydrogen (secondary N) is 1. The number of para-hydroxylation sites is 1. The Kier molecular flexibility index (Phi) is 8.33. The maximum absolute atomic E-state index is 13.9. The molecule has 0 aliphatic carbocycles. The van der Waals surface area contributed by atoms with Gasteiger partial charge < -0.3 is 19.3 Å². The molecule has 2 aromatic carbocycles. The van der Waals surface area contributed by atoms with Crippen LogP contribution in [0.2, 0.25) is 0 Å². The summed E-state index contributed by atoms with van der Waals surface area (Å²) in [4.78, 5) is 3.83. The molecule has 216 valence electrons.